The molecule has 0 aliphatic heterocycles. The van der Waals surface area contributed by atoms with Crippen LogP contribution in [0.5, 0.6) is 0 Å². The Hall–Kier alpha value is -3.55. The van der Waals surface area contributed by atoms with Crippen LogP contribution in [0.15, 0.2) is 47.5 Å². The summed E-state index contributed by atoms with van der Waals surface area (Å²) < 4.78 is 1.90. The van der Waals surface area contributed by atoms with Gasteiger partial charge in [0.05, 0.1) is 6.54 Å². The second-order valence-electron chi connectivity index (χ2n) is 7.65. The molecule has 4 rings (SSSR count). The minimum Gasteiger partial charge on any atom is -0.310 e. The fraction of sp³-hybridized carbons (Fsp3) is 0.348. The molecule has 0 fully saturated rings. The van der Waals surface area contributed by atoms with E-state index < -0.39 is 0 Å². The molecule has 0 unspecified atom stereocenters. The fourth-order valence-corrected chi connectivity index (χ4v) is 3.88. The molecule has 0 saturated carbocycles. The van der Waals surface area contributed by atoms with E-state index in [4.69, 9.17) is 0 Å². The summed E-state index contributed by atoms with van der Waals surface area (Å²) in [4.78, 5) is 19.9. The lowest BCUT2D eigenvalue weighted by atomic mass is 10.00. The molecule has 3 heterocycles. The molecule has 2 N–H and O–H groups in total. The van der Waals surface area contributed by atoms with E-state index in [-0.39, 0.29) is 5.69 Å². The summed E-state index contributed by atoms with van der Waals surface area (Å²) in [7, 11) is 0. The highest BCUT2D eigenvalue weighted by Crippen LogP contribution is 2.29. The summed E-state index contributed by atoms with van der Waals surface area (Å²) in [6.45, 7) is 4.88. The topological polar surface area (TPSA) is 105 Å². The van der Waals surface area contributed by atoms with Gasteiger partial charge in [0.2, 0.25) is 5.82 Å². The number of rotatable bonds is 9. The molecular weight excluding hydrogens is 390 g/mol. The Kier molecular flexibility index (Phi) is 6.35. The van der Waals surface area contributed by atoms with Crippen molar-refractivity contribution in [3.63, 3.8) is 0 Å². The largest absolute Gasteiger partial charge is 0.326 e. The second-order valence-corrected chi connectivity index (χ2v) is 7.65. The van der Waals surface area contributed by atoms with Gasteiger partial charge in [-0.1, -0.05) is 51.0 Å². The first-order valence-electron chi connectivity index (χ1n) is 10.8. The van der Waals surface area contributed by atoms with Crippen molar-refractivity contribution in [2.24, 2.45) is 0 Å². The number of benzene rings is 1. The van der Waals surface area contributed by atoms with Crippen LogP contribution in [0.2, 0.25) is 0 Å². The van der Waals surface area contributed by atoms with Gasteiger partial charge in [0, 0.05) is 29.3 Å². The van der Waals surface area contributed by atoms with Gasteiger partial charge in [-0.15, -0.1) is 10.2 Å². The lowest BCUT2D eigenvalue weighted by molar-refractivity contribution is 0.673. The third kappa shape index (κ3) is 4.47. The molecule has 160 valence electrons. The molecular formula is C23H27N7O. The first kappa shape index (κ1) is 20.7. The monoisotopic (exact) mass is 417 g/mol. The molecule has 3 aromatic heterocycles. The van der Waals surface area contributed by atoms with Gasteiger partial charge in [0.15, 0.2) is 0 Å². The molecule has 0 saturated heterocycles. The Balaban J connectivity index is 1.62. The van der Waals surface area contributed by atoms with Crippen molar-refractivity contribution in [2.75, 3.05) is 0 Å². The maximum absolute atomic E-state index is 12.6. The van der Waals surface area contributed by atoms with Crippen molar-refractivity contribution in [1.29, 1.82) is 0 Å². The van der Waals surface area contributed by atoms with Gasteiger partial charge in [-0.05, 0) is 47.2 Å². The van der Waals surface area contributed by atoms with E-state index in [1.165, 1.54) is 0 Å². The van der Waals surface area contributed by atoms with Crippen molar-refractivity contribution < 1.29 is 0 Å². The van der Waals surface area contributed by atoms with Crippen molar-refractivity contribution in [3.05, 3.63) is 70.2 Å². The second kappa shape index (κ2) is 9.51. The first-order valence-corrected chi connectivity index (χ1v) is 10.8. The van der Waals surface area contributed by atoms with Crippen LogP contribution >= 0.6 is 0 Å². The quantitative estimate of drug-likeness (QED) is 0.431. The predicted molar refractivity (Wildman–Crippen MR) is 120 cm³/mol. The minimum absolute atomic E-state index is 0.0212. The SMILES string of the molecule is CCCCc1c(CCC)[nH]c(=O)n1Cc1ccc(-c2ccncc2-c2nn[nH]n2)cc1. The van der Waals surface area contributed by atoms with E-state index in [1.54, 1.807) is 12.4 Å². The van der Waals surface area contributed by atoms with E-state index in [0.29, 0.717) is 12.4 Å². The molecule has 1 aromatic carbocycles. The summed E-state index contributed by atoms with van der Waals surface area (Å²) in [5.74, 6) is 0.509. The molecule has 8 nitrogen and oxygen atoms in total. The zero-order valence-corrected chi connectivity index (χ0v) is 17.9. The van der Waals surface area contributed by atoms with Gasteiger partial charge in [-0.2, -0.15) is 5.21 Å². The van der Waals surface area contributed by atoms with Gasteiger partial charge >= 0.3 is 5.69 Å². The van der Waals surface area contributed by atoms with Crippen LogP contribution < -0.4 is 5.69 Å². The number of hydrogen-bond acceptors (Lipinski definition) is 5. The first-order chi connectivity index (χ1) is 15.2. The van der Waals surface area contributed by atoms with Crippen LogP contribution in [-0.4, -0.2) is 35.2 Å². The van der Waals surface area contributed by atoms with E-state index in [1.807, 2.05) is 10.6 Å². The number of imidazole rings is 1. The number of aryl methyl sites for hydroxylation is 1. The number of unbranched alkanes of at least 4 members (excludes halogenated alkanes) is 1. The predicted octanol–water partition coefficient (Wildman–Crippen LogP) is 3.76. The maximum Gasteiger partial charge on any atom is 0.326 e. The fourth-order valence-electron chi connectivity index (χ4n) is 3.88. The van der Waals surface area contributed by atoms with E-state index in [2.05, 4.69) is 68.7 Å². The van der Waals surface area contributed by atoms with Crippen LogP contribution in [0.1, 0.15) is 50.1 Å². The van der Waals surface area contributed by atoms with Crippen LogP contribution in [-0.2, 0) is 19.4 Å². The molecule has 8 heteroatoms. The summed E-state index contributed by atoms with van der Waals surface area (Å²) in [6.07, 6.45) is 8.52. The highest BCUT2D eigenvalue weighted by molar-refractivity contribution is 5.79. The Morgan fingerprint density at radius 2 is 1.84 bits per heavy atom. The Labute approximate surface area is 180 Å². The van der Waals surface area contributed by atoms with Gasteiger partial charge in [-0.3, -0.25) is 9.55 Å². The molecule has 0 aliphatic carbocycles. The van der Waals surface area contributed by atoms with Crippen LogP contribution in [0, 0.1) is 0 Å². The summed E-state index contributed by atoms with van der Waals surface area (Å²) in [5.41, 5.74) is 6.12. The van der Waals surface area contributed by atoms with Gasteiger partial charge in [-0.25, -0.2) is 4.79 Å². The minimum atomic E-state index is -0.0212. The highest BCUT2D eigenvalue weighted by atomic mass is 16.1. The highest BCUT2D eigenvalue weighted by Gasteiger charge is 2.14. The van der Waals surface area contributed by atoms with Gasteiger partial charge in [0.25, 0.3) is 0 Å². The number of pyridine rings is 1. The molecule has 4 aromatic rings. The van der Waals surface area contributed by atoms with Crippen molar-refractivity contribution in [2.45, 2.75) is 52.5 Å². The summed E-state index contributed by atoms with van der Waals surface area (Å²) in [5, 5.41) is 14.3. The van der Waals surface area contributed by atoms with E-state index >= 15 is 0 Å². The zero-order chi connectivity index (χ0) is 21.6. The number of hydrogen-bond donors (Lipinski definition) is 2. The van der Waals surface area contributed by atoms with E-state index in [9.17, 15) is 4.79 Å². The Morgan fingerprint density at radius 1 is 1.00 bits per heavy atom. The van der Waals surface area contributed by atoms with Gasteiger partial charge < -0.3 is 4.98 Å². The third-order valence-corrected chi connectivity index (χ3v) is 5.46. The average Bonchev–Trinajstić information content (AvgIpc) is 3.42. The number of nitrogens with one attached hydrogen (secondary N) is 2. The molecule has 0 atom stereocenters. The number of nitrogens with zero attached hydrogens (tertiary/aromatic N) is 5. The molecule has 31 heavy (non-hydrogen) atoms. The lowest BCUT2D eigenvalue weighted by Gasteiger charge is -2.11. The maximum atomic E-state index is 12.6. The van der Waals surface area contributed by atoms with Crippen molar-refractivity contribution in [1.82, 2.24) is 35.2 Å². The summed E-state index contributed by atoms with van der Waals surface area (Å²) >= 11 is 0. The molecule has 0 bridgehead atoms. The molecule has 0 amide bonds. The third-order valence-electron chi connectivity index (χ3n) is 5.46. The van der Waals surface area contributed by atoms with Crippen molar-refractivity contribution in [3.8, 4) is 22.5 Å². The normalized spacial score (nSPS) is 11.2. The number of aromatic nitrogens is 7. The van der Waals surface area contributed by atoms with Crippen LogP contribution in [0.25, 0.3) is 22.5 Å². The number of tetrazole rings is 1. The van der Waals surface area contributed by atoms with Gasteiger partial charge in [0.1, 0.15) is 0 Å². The van der Waals surface area contributed by atoms with E-state index in [0.717, 1.165) is 65.7 Å². The standard InChI is InChI=1S/C23H27N7O/c1-3-5-7-21-20(6-4-2)25-23(31)30(21)15-16-8-10-17(11-9-16)18-12-13-24-14-19(18)22-26-28-29-27-22/h8-14H,3-7,15H2,1-2H3,(H,25,31)(H,26,27,28,29). The Bertz CT molecular complexity index is 1170. The molecule has 0 radical (unpaired) electrons. The van der Waals surface area contributed by atoms with Crippen LogP contribution in [0.3, 0.4) is 0 Å². The van der Waals surface area contributed by atoms with Crippen molar-refractivity contribution >= 4 is 0 Å². The smallest absolute Gasteiger partial charge is 0.310 e. The number of H-pyrrole nitrogens is 2. The zero-order valence-electron chi connectivity index (χ0n) is 17.9. The number of aromatic amines is 2. The molecule has 0 spiro atoms. The summed E-state index contributed by atoms with van der Waals surface area (Å²) in [6, 6.07) is 10.2. The molecule has 0 aliphatic rings. The lowest BCUT2D eigenvalue weighted by Crippen LogP contribution is -2.19. The average molecular weight is 418 g/mol. The Morgan fingerprint density at radius 3 is 2.55 bits per heavy atom. The van der Waals surface area contributed by atoms with Crippen LogP contribution in [0.4, 0.5) is 0 Å².